The van der Waals surface area contributed by atoms with Gasteiger partial charge >= 0.3 is 0 Å². The van der Waals surface area contributed by atoms with E-state index in [1.165, 1.54) is 25.9 Å². The Morgan fingerprint density at radius 1 is 1.00 bits per heavy atom. The number of amides is 1. The maximum atomic E-state index is 12.6. The van der Waals surface area contributed by atoms with E-state index in [0.717, 1.165) is 52.1 Å². The van der Waals surface area contributed by atoms with Crippen molar-refractivity contribution in [3.8, 4) is 0 Å². The van der Waals surface area contributed by atoms with Gasteiger partial charge in [-0.3, -0.25) is 14.6 Å². The Kier molecular flexibility index (Phi) is 4.91. The molecule has 3 heterocycles. The molecule has 5 nitrogen and oxygen atoms in total. The van der Waals surface area contributed by atoms with Crippen LogP contribution in [0, 0.1) is 0 Å². The first-order valence-corrected chi connectivity index (χ1v) is 8.28. The van der Waals surface area contributed by atoms with Crippen molar-refractivity contribution < 1.29 is 4.79 Å². The maximum absolute atomic E-state index is 12.6. The molecule has 0 saturated carbocycles. The molecule has 5 heteroatoms. The van der Waals surface area contributed by atoms with Gasteiger partial charge < -0.3 is 10.2 Å². The van der Waals surface area contributed by atoms with Crippen LogP contribution in [0.4, 0.5) is 0 Å². The first kappa shape index (κ1) is 14.3. The number of fused-ring (bicyclic) bond motifs is 1. The molecule has 0 aliphatic carbocycles. The highest BCUT2D eigenvalue weighted by Gasteiger charge is 2.30. The zero-order chi connectivity index (χ0) is 13.8. The largest absolute Gasteiger partial charge is 0.340 e. The molecule has 0 aromatic rings. The van der Waals surface area contributed by atoms with Crippen LogP contribution in [0.2, 0.25) is 0 Å². The van der Waals surface area contributed by atoms with E-state index >= 15 is 0 Å². The fourth-order valence-electron chi connectivity index (χ4n) is 3.78. The second-order valence-corrected chi connectivity index (χ2v) is 6.41. The van der Waals surface area contributed by atoms with E-state index < -0.39 is 0 Å². The van der Waals surface area contributed by atoms with E-state index in [-0.39, 0.29) is 0 Å². The third-order valence-electron chi connectivity index (χ3n) is 4.95. The Morgan fingerprint density at radius 3 is 2.85 bits per heavy atom. The minimum Gasteiger partial charge on any atom is -0.340 e. The van der Waals surface area contributed by atoms with E-state index in [9.17, 15) is 4.79 Å². The molecule has 114 valence electrons. The minimum atomic E-state index is 0.348. The second kappa shape index (κ2) is 6.87. The highest BCUT2D eigenvalue weighted by Crippen LogP contribution is 2.21. The summed E-state index contributed by atoms with van der Waals surface area (Å²) in [5, 5.41) is 3.40. The normalized spacial score (nSPS) is 29.8. The fourth-order valence-corrected chi connectivity index (χ4v) is 3.78. The lowest BCUT2D eigenvalue weighted by molar-refractivity contribution is -0.132. The Balaban J connectivity index is 1.53. The summed E-state index contributed by atoms with van der Waals surface area (Å²) in [5.41, 5.74) is 0. The third kappa shape index (κ3) is 3.51. The van der Waals surface area contributed by atoms with Crippen LogP contribution in [-0.4, -0.2) is 85.6 Å². The van der Waals surface area contributed by atoms with E-state index in [1.807, 2.05) is 0 Å². The molecule has 1 atom stereocenters. The second-order valence-electron chi connectivity index (χ2n) is 6.41. The molecule has 1 N–H and O–H groups in total. The van der Waals surface area contributed by atoms with Crippen LogP contribution in [0.1, 0.15) is 25.7 Å². The van der Waals surface area contributed by atoms with Crippen molar-refractivity contribution >= 4 is 5.91 Å². The summed E-state index contributed by atoms with van der Waals surface area (Å²) in [6.45, 7) is 9.14. The maximum Gasteiger partial charge on any atom is 0.236 e. The summed E-state index contributed by atoms with van der Waals surface area (Å²) >= 11 is 0. The van der Waals surface area contributed by atoms with Gasteiger partial charge in [0.25, 0.3) is 0 Å². The number of rotatable bonds is 2. The zero-order valence-corrected chi connectivity index (χ0v) is 12.5. The molecule has 0 spiro atoms. The zero-order valence-electron chi connectivity index (χ0n) is 12.5. The van der Waals surface area contributed by atoms with E-state index in [4.69, 9.17) is 0 Å². The van der Waals surface area contributed by atoms with Crippen molar-refractivity contribution in [3.63, 3.8) is 0 Å². The van der Waals surface area contributed by atoms with Crippen molar-refractivity contribution in [2.75, 3.05) is 58.9 Å². The van der Waals surface area contributed by atoms with Gasteiger partial charge in [-0.1, -0.05) is 0 Å². The molecule has 0 radical (unpaired) electrons. The fraction of sp³-hybridized carbons (Fsp3) is 0.933. The van der Waals surface area contributed by atoms with Crippen molar-refractivity contribution in [2.45, 2.75) is 31.7 Å². The SMILES string of the molecule is O=C(CN1CCCNCC1)N1CCCN2CCCC2C1. The minimum absolute atomic E-state index is 0.348. The van der Waals surface area contributed by atoms with Crippen LogP contribution < -0.4 is 5.32 Å². The first-order valence-electron chi connectivity index (χ1n) is 8.28. The molecule has 3 aliphatic heterocycles. The first-order chi connectivity index (χ1) is 9.83. The van der Waals surface area contributed by atoms with E-state index in [1.54, 1.807) is 0 Å². The summed E-state index contributed by atoms with van der Waals surface area (Å²) < 4.78 is 0. The highest BCUT2D eigenvalue weighted by molar-refractivity contribution is 5.78. The highest BCUT2D eigenvalue weighted by atomic mass is 16.2. The smallest absolute Gasteiger partial charge is 0.236 e. The molecule has 1 unspecified atom stereocenters. The quantitative estimate of drug-likeness (QED) is 0.771. The predicted octanol–water partition coefficient (Wildman–Crippen LogP) is -0.0216. The van der Waals surface area contributed by atoms with Gasteiger partial charge in [-0.2, -0.15) is 0 Å². The molecule has 1 amide bonds. The predicted molar refractivity (Wildman–Crippen MR) is 79.7 cm³/mol. The van der Waals surface area contributed by atoms with Crippen LogP contribution in [0.3, 0.4) is 0 Å². The molecule has 0 bridgehead atoms. The Hall–Kier alpha value is -0.650. The van der Waals surface area contributed by atoms with Crippen LogP contribution in [0.15, 0.2) is 0 Å². The molecular formula is C15H28N4O. The van der Waals surface area contributed by atoms with Crippen LogP contribution in [-0.2, 0) is 4.79 Å². The van der Waals surface area contributed by atoms with Crippen molar-refractivity contribution in [1.82, 2.24) is 20.0 Å². The molecule has 20 heavy (non-hydrogen) atoms. The summed E-state index contributed by atoms with van der Waals surface area (Å²) in [6.07, 6.45) is 4.88. The Labute approximate surface area is 122 Å². The lowest BCUT2D eigenvalue weighted by Gasteiger charge is -2.28. The molecular weight excluding hydrogens is 252 g/mol. The standard InChI is InChI=1S/C15H28N4O/c20-15(13-17-7-2-5-16-6-11-17)19-10-3-9-18-8-1-4-14(18)12-19/h14,16H,1-13H2. The number of carbonyl (C=O) groups excluding carboxylic acids is 1. The Morgan fingerprint density at radius 2 is 1.90 bits per heavy atom. The summed E-state index contributed by atoms with van der Waals surface area (Å²) in [6, 6.07) is 0.632. The lowest BCUT2D eigenvalue weighted by Crippen LogP contribution is -2.45. The summed E-state index contributed by atoms with van der Waals surface area (Å²) in [7, 11) is 0. The van der Waals surface area contributed by atoms with Gasteiger partial charge in [0.05, 0.1) is 6.54 Å². The van der Waals surface area contributed by atoms with E-state index in [2.05, 4.69) is 20.0 Å². The molecule has 3 saturated heterocycles. The molecule has 3 aliphatic rings. The molecule has 0 aromatic heterocycles. The summed E-state index contributed by atoms with van der Waals surface area (Å²) in [5.74, 6) is 0.348. The van der Waals surface area contributed by atoms with Gasteiger partial charge in [-0.25, -0.2) is 0 Å². The lowest BCUT2D eigenvalue weighted by atomic mass is 10.2. The average Bonchev–Trinajstić information content (AvgIpc) is 2.67. The number of carbonyl (C=O) groups is 1. The van der Waals surface area contributed by atoms with Crippen LogP contribution in [0.25, 0.3) is 0 Å². The Bertz CT molecular complexity index is 328. The molecule has 3 rings (SSSR count). The number of hydrogen-bond donors (Lipinski definition) is 1. The number of nitrogens with zero attached hydrogens (tertiary/aromatic N) is 3. The van der Waals surface area contributed by atoms with Gasteiger partial charge in [-0.15, -0.1) is 0 Å². The topological polar surface area (TPSA) is 38.8 Å². The van der Waals surface area contributed by atoms with Crippen LogP contribution >= 0.6 is 0 Å². The van der Waals surface area contributed by atoms with E-state index in [0.29, 0.717) is 18.5 Å². The van der Waals surface area contributed by atoms with Crippen molar-refractivity contribution in [2.24, 2.45) is 0 Å². The average molecular weight is 280 g/mol. The summed E-state index contributed by atoms with van der Waals surface area (Å²) in [4.78, 5) is 19.6. The van der Waals surface area contributed by atoms with Gasteiger partial charge in [0, 0.05) is 38.8 Å². The van der Waals surface area contributed by atoms with Gasteiger partial charge in [0.1, 0.15) is 0 Å². The number of nitrogens with one attached hydrogen (secondary N) is 1. The number of hydrogen-bond acceptors (Lipinski definition) is 4. The van der Waals surface area contributed by atoms with Gasteiger partial charge in [-0.05, 0) is 45.3 Å². The van der Waals surface area contributed by atoms with Crippen LogP contribution in [0.5, 0.6) is 0 Å². The van der Waals surface area contributed by atoms with Crippen molar-refractivity contribution in [3.05, 3.63) is 0 Å². The molecule has 3 fully saturated rings. The van der Waals surface area contributed by atoms with Gasteiger partial charge in [0.15, 0.2) is 0 Å². The monoisotopic (exact) mass is 280 g/mol. The molecule has 0 aromatic carbocycles. The van der Waals surface area contributed by atoms with Gasteiger partial charge in [0.2, 0.25) is 5.91 Å². The van der Waals surface area contributed by atoms with Crippen molar-refractivity contribution in [1.29, 1.82) is 0 Å². The third-order valence-corrected chi connectivity index (χ3v) is 4.95.